The highest BCUT2D eigenvalue weighted by Crippen LogP contribution is 2.18. The number of rotatable bonds is 4. The van der Waals surface area contributed by atoms with Crippen molar-refractivity contribution in [2.45, 2.75) is 32.2 Å². The Morgan fingerprint density at radius 2 is 1.95 bits per heavy atom. The van der Waals surface area contributed by atoms with Crippen LogP contribution < -0.4 is 5.32 Å². The fraction of sp³-hybridized carbons (Fsp3) is 0.929. The van der Waals surface area contributed by atoms with Gasteiger partial charge in [0.2, 0.25) is 10.0 Å². The fourth-order valence-corrected chi connectivity index (χ4v) is 3.91. The molecule has 0 saturated carbocycles. The van der Waals surface area contributed by atoms with Crippen molar-refractivity contribution in [3.63, 3.8) is 0 Å². The first kappa shape index (κ1) is 17.5. The van der Waals surface area contributed by atoms with E-state index in [0.29, 0.717) is 45.3 Å². The van der Waals surface area contributed by atoms with Gasteiger partial charge in [0, 0.05) is 26.2 Å². The Kier molecular flexibility index (Phi) is 6.05. The van der Waals surface area contributed by atoms with Gasteiger partial charge in [0.15, 0.2) is 0 Å². The average molecular weight is 333 g/mol. The molecule has 0 radical (unpaired) electrons. The third-order valence-corrected chi connectivity index (χ3v) is 5.85. The topological polar surface area (TPSA) is 79.0 Å². The molecule has 1 unspecified atom stereocenters. The van der Waals surface area contributed by atoms with Crippen molar-refractivity contribution in [1.82, 2.24) is 14.5 Å². The van der Waals surface area contributed by atoms with Gasteiger partial charge in [-0.1, -0.05) is 6.92 Å². The molecule has 1 atom stereocenters. The number of hydrogen-bond donors (Lipinski definition) is 1. The largest absolute Gasteiger partial charge is 0.377 e. The van der Waals surface area contributed by atoms with Crippen LogP contribution in [0.15, 0.2) is 0 Å². The summed E-state index contributed by atoms with van der Waals surface area (Å²) in [7, 11) is -3.08. The first-order valence-electron chi connectivity index (χ1n) is 7.99. The number of sulfonamides is 1. The van der Waals surface area contributed by atoms with Crippen LogP contribution in [-0.2, 0) is 14.8 Å². The van der Waals surface area contributed by atoms with E-state index in [2.05, 4.69) is 12.2 Å². The van der Waals surface area contributed by atoms with Gasteiger partial charge < -0.3 is 15.0 Å². The van der Waals surface area contributed by atoms with Gasteiger partial charge in [-0.15, -0.1) is 0 Å². The maximum absolute atomic E-state index is 12.3. The maximum atomic E-state index is 12.3. The Balaban J connectivity index is 1.75. The van der Waals surface area contributed by atoms with Gasteiger partial charge >= 0.3 is 6.03 Å². The van der Waals surface area contributed by atoms with Crippen LogP contribution in [0.4, 0.5) is 4.79 Å². The first-order chi connectivity index (χ1) is 10.4. The van der Waals surface area contributed by atoms with Gasteiger partial charge in [-0.05, 0) is 25.2 Å². The third kappa shape index (κ3) is 4.57. The van der Waals surface area contributed by atoms with E-state index in [1.807, 2.05) is 4.90 Å². The number of carbonyl (C=O) groups is 1. The third-order valence-electron chi connectivity index (χ3n) is 4.54. The summed E-state index contributed by atoms with van der Waals surface area (Å²) in [6.07, 6.45) is 3.74. The van der Waals surface area contributed by atoms with Crippen LogP contribution in [0.25, 0.3) is 0 Å². The van der Waals surface area contributed by atoms with Crippen LogP contribution in [0.5, 0.6) is 0 Å². The summed E-state index contributed by atoms with van der Waals surface area (Å²) < 4.78 is 29.9. The number of nitrogens with zero attached hydrogens (tertiary/aromatic N) is 2. The molecule has 0 bridgehead atoms. The molecule has 1 N–H and O–H groups in total. The van der Waals surface area contributed by atoms with E-state index in [1.165, 1.54) is 10.6 Å². The van der Waals surface area contributed by atoms with Crippen molar-refractivity contribution in [3.8, 4) is 0 Å². The SMILES string of the molecule is CCC1COCCN1C(=O)NCC1CCN(S(C)(=O)=O)CC1. The van der Waals surface area contributed by atoms with E-state index in [0.717, 1.165) is 19.3 Å². The summed E-state index contributed by atoms with van der Waals surface area (Å²) in [4.78, 5) is 14.1. The number of ether oxygens (including phenoxy) is 1. The molecular formula is C14H27N3O4S. The van der Waals surface area contributed by atoms with E-state index in [1.54, 1.807) is 0 Å². The second-order valence-corrected chi connectivity index (χ2v) is 8.10. The summed E-state index contributed by atoms with van der Waals surface area (Å²) in [6.45, 7) is 5.61. The molecular weight excluding hydrogens is 306 g/mol. The highest BCUT2D eigenvalue weighted by molar-refractivity contribution is 7.88. The molecule has 0 aromatic carbocycles. The molecule has 2 aliphatic rings. The van der Waals surface area contributed by atoms with Gasteiger partial charge in [0.05, 0.1) is 25.5 Å². The summed E-state index contributed by atoms with van der Waals surface area (Å²) in [5, 5.41) is 3.00. The predicted octanol–water partition coefficient (Wildman–Crippen LogP) is 0.478. The van der Waals surface area contributed by atoms with Gasteiger partial charge in [-0.2, -0.15) is 0 Å². The molecule has 2 rings (SSSR count). The zero-order valence-corrected chi connectivity index (χ0v) is 14.3. The number of amides is 2. The number of piperidine rings is 1. The van der Waals surface area contributed by atoms with Gasteiger partial charge in [-0.25, -0.2) is 17.5 Å². The van der Waals surface area contributed by atoms with Gasteiger partial charge in [0.1, 0.15) is 0 Å². The average Bonchev–Trinajstić information content (AvgIpc) is 2.52. The highest BCUT2D eigenvalue weighted by atomic mass is 32.2. The van der Waals surface area contributed by atoms with E-state index in [9.17, 15) is 13.2 Å². The molecule has 2 heterocycles. The molecule has 2 fully saturated rings. The van der Waals surface area contributed by atoms with Crippen LogP contribution in [0, 0.1) is 5.92 Å². The van der Waals surface area contributed by atoms with Crippen LogP contribution >= 0.6 is 0 Å². The quantitative estimate of drug-likeness (QED) is 0.811. The van der Waals surface area contributed by atoms with E-state index in [4.69, 9.17) is 4.74 Å². The fourth-order valence-electron chi connectivity index (χ4n) is 3.04. The second kappa shape index (κ2) is 7.61. The standard InChI is InChI=1S/C14H27N3O4S/c1-3-13-11-21-9-8-17(13)14(18)15-10-12-4-6-16(7-5-12)22(2,19)20/h12-13H,3-11H2,1-2H3,(H,15,18). The lowest BCUT2D eigenvalue weighted by Crippen LogP contribution is -2.53. The molecule has 128 valence electrons. The Morgan fingerprint density at radius 1 is 1.27 bits per heavy atom. The van der Waals surface area contributed by atoms with Crippen molar-refractivity contribution < 1.29 is 17.9 Å². The number of morpholine rings is 1. The lowest BCUT2D eigenvalue weighted by molar-refractivity contribution is 0.0110. The highest BCUT2D eigenvalue weighted by Gasteiger charge is 2.28. The van der Waals surface area contributed by atoms with Gasteiger partial charge in [-0.3, -0.25) is 0 Å². The number of nitrogens with one attached hydrogen (secondary N) is 1. The maximum Gasteiger partial charge on any atom is 0.317 e. The second-order valence-electron chi connectivity index (χ2n) is 6.12. The molecule has 2 saturated heterocycles. The van der Waals surface area contributed by atoms with E-state index in [-0.39, 0.29) is 12.1 Å². The van der Waals surface area contributed by atoms with Crippen molar-refractivity contribution in [3.05, 3.63) is 0 Å². The minimum atomic E-state index is -3.08. The molecule has 2 aliphatic heterocycles. The molecule has 0 aromatic heterocycles. The van der Waals surface area contributed by atoms with Crippen molar-refractivity contribution in [2.24, 2.45) is 5.92 Å². The van der Waals surface area contributed by atoms with Crippen molar-refractivity contribution in [2.75, 3.05) is 45.6 Å². The summed E-state index contributed by atoms with van der Waals surface area (Å²) >= 11 is 0. The van der Waals surface area contributed by atoms with Crippen molar-refractivity contribution >= 4 is 16.1 Å². The van der Waals surface area contributed by atoms with Crippen LogP contribution in [0.3, 0.4) is 0 Å². The minimum Gasteiger partial charge on any atom is -0.377 e. The summed E-state index contributed by atoms with van der Waals surface area (Å²) in [5.41, 5.74) is 0. The summed E-state index contributed by atoms with van der Waals surface area (Å²) in [6, 6.07) is 0.126. The molecule has 2 amide bonds. The Hall–Kier alpha value is -0.860. The summed E-state index contributed by atoms with van der Waals surface area (Å²) in [5.74, 6) is 0.350. The van der Waals surface area contributed by atoms with E-state index < -0.39 is 10.0 Å². The lowest BCUT2D eigenvalue weighted by atomic mass is 9.98. The zero-order chi connectivity index (χ0) is 16.2. The van der Waals surface area contributed by atoms with Crippen LogP contribution in [0.2, 0.25) is 0 Å². The number of carbonyl (C=O) groups excluding carboxylic acids is 1. The van der Waals surface area contributed by atoms with E-state index >= 15 is 0 Å². The normalized spacial score (nSPS) is 25.2. The first-order valence-corrected chi connectivity index (χ1v) is 9.84. The molecule has 8 heteroatoms. The molecule has 0 aliphatic carbocycles. The van der Waals surface area contributed by atoms with Gasteiger partial charge in [0.25, 0.3) is 0 Å². The molecule has 22 heavy (non-hydrogen) atoms. The molecule has 7 nitrogen and oxygen atoms in total. The predicted molar refractivity (Wildman–Crippen MR) is 84.1 cm³/mol. The molecule has 0 spiro atoms. The Morgan fingerprint density at radius 3 is 2.55 bits per heavy atom. The van der Waals surface area contributed by atoms with Crippen LogP contribution in [-0.4, -0.2) is 75.3 Å². The monoisotopic (exact) mass is 333 g/mol. The molecule has 0 aromatic rings. The Labute approximate surface area is 133 Å². The number of urea groups is 1. The minimum absolute atomic E-state index is 0.0271. The van der Waals surface area contributed by atoms with Crippen LogP contribution in [0.1, 0.15) is 26.2 Å². The number of hydrogen-bond acceptors (Lipinski definition) is 4. The Bertz CT molecular complexity index is 474. The lowest BCUT2D eigenvalue weighted by Gasteiger charge is -2.36. The van der Waals surface area contributed by atoms with Crippen molar-refractivity contribution in [1.29, 1.82) is 0 Å². The zero-order valence-electron chi connectivity index (χ0n) is 13.5. The smallest absolute Gasteiger partial charge is 0.317 e.